The molecular weight excluding hydrogens is 606 g/mol. The molecule has 3 aromatic rings. The van der Waals surface area contributed by atoms with Crippen LogP contribution in [0.5, 0.6) is 6.01 Å². The highest BCUT2D eigenvalue weighted by atomic mass is 35.5. The number of imide groups is 1. The summed E-state index contributed by atoms with van der Waals surface area (Å²) in [5, 5.41) is 14.7. The van der Waals surface area contributed by atoms with Crippen LogP contribution in [0.3, 0.4) is 0 Å². The molecule has 12 nitrogen and oxygen atoms in total. The number of H-pyrrole nitrogens is 1. The monoisotopic (exact) mass is 645 g/mol. The van der Waals surface area contributed by atoms with Crippen LogP contribution in [0.25, 0.3) is 10.9 Å². The standard InChI is InChI=1S/C33H40ClN9O3/c1-19-13-21(19)26-23(34)14-24-22(15-35-40-24)27(26)41-12-5-20-25(16-41)36-31(46-18-32-6-2-10-43(32)11-3-7-32)37-28(20)42-9-4-8-33(17-42)29(44)38-30(45)39-33/h14-15,19,21H,2-13,16-18H2,1H3,(H,35,40)(H2,38,39,44,45)/t19-,21+,33-/m1/s1. The summed E-state index contributed by atoms with van der Waals surface area (Å²) in [4.78, 5) is 42.5. The number of carbonyl (C=O) groups excluding carboxylic acids is 2. The number of rotatable bonds is 6. The number of fused-ring (bicyclic) bond motifs is 3. The lowest BCUT2D eigenvalue weighted by Gasteiger charge is -2.41. The van der Waals surface area contributed by atoms with Crippen molar-refractivity contribution in [1.82, 2.24) is 35.7 Å². The van der Waals surface area contributed by atoms with Gasteiger partial charge in [0.2, 0.25) is 0 Å². The van der Waals surface area contributed by atoms with E-state index in [0.29, 0.717) is 44.0 Å². The minimum Gasteiger partial charge on any atom is -0.461 e. The molecule has 4 saturated heterocycles. The maximum absolute atomic E-state index is 13.0. The second-order valence-electron chi connectivity index (χ2n) is 14.4. The van der Waals surface area contributed by atoms with Crippen molar-refractivity contribution in [1.29, 1.82) is 0 Å². The molecular formula is C33H40ClN9O3. The van der Waals surface area contributed by atoms with Crippen molar-refractivity contribution >= 4 is 45.9 Å². The van der Waals surface area contributed by atoms with E-state index in [4.69, 9.17) is 26.3 Å². The highest BCUT2D eigenvalue weighted by Gasteiger charge is 2.50. The summed E-state index contributed by atoms with van der Waals surface area (Å²) in [6, 6.07) is 1.97. The molecule has 9 rings (SSSR count). The van der Waals surface area contributed by atoms with Crippen molar-refractivity contribution < 1.29 is 14.3 Å². The van der Waals surface area contributed by atoms with Crippen LogP contribution in [-0.2, 0) is 17.8 Å². The molecule has 5 fully saturated rings. The summed E-state index contributed by atoms with van der Waals surface area (Å²) >= 11 is 6.97. The quantitative estimate of drug-likeness (QED) is 0.342. The van der Waals surface area contributed by atoms with Gasteiger partial charge in [-0.2, -0.15) is 15.1 Å². The smallest absolute Gasteiger partial charge is 0.322 e. The number of aromatic amines is 1. The van der Waals surface area contributed by atoms with Gasteiger partial charge in [-0.25, -0.2) is 4.79 Å². The largest absolute Gasteiger partial charge is 0.461 e. The van der Waals surface area contributed by atoms with Crippen LogP contribution < -0.4 is 25.2 Å². The van der Waals surface area contributed by atoms with Gasteiger partial charge >= 0.3 is 12.0 Å². The number of carbonyl (C=O) groups is 2. The molecule has 2 aromatic heterocycles. The molecule has 1 aliphatic carbocycles. The van der Waals surface area contributed by atoms with Gasteiger partial charge in [-0.3, -0.25) is 20.1 Å². The van der Waals surface area contributed by atoms with Gasteiger partial charge in [-0.15, -0.1) is 0 Å². The fourth-order valence-electron chi connectivity index (χ4n) is 9.09. The zero-order valence-electron chi connectivity index (χ0n) is 26.2. The third-order valence-electron chi connectivity index (χ3n) is 11.6. The number of ether oxygens (including phenoxy) is 1. The predicted molar refractivity (Wildman–Crippen MR) is 174 cm³/mol. The molecule has 5 aliphatic heterocycles. The molecule has 1 spiro atoms. The maximum Gasteiger partial charge on any atom is 0.322 e. The summed E-state index contributed by atoms with van der Waals surface area (Å²) in [5.74, 6) is 1.58. The van der Waals surface area contributed by atoms with Gasteiger partial charge in [0.25, 0.3) is 5.91 Å². The minimum atomic E-state index is -0.953. The van der Waals surface area contributed by atoms with Crippen LogP contribution in [0, 0.1) is 5.92 Å². The molecule has 3 amide bonds. The maximum atomic E-state index is 13.0. The molecule has 46 heavy (non-hydrogen) atoms. The van der Waals surface area contributed by atoms with Gasteiger partial charge in [-0.1, -0.05) is 18.5 Å². The number of hydrogen-bond acceptors (Lipinski definition) is 9. The predicted octanol–water partition coefficient (Wildman–Crippen LogP) is 3.88. The minimum absolute atomic E-state index is 0.0659. The van der Waals surface area contributed by atoms with E-state index in [1.54, 1.807) is 0 Å². The molecule has 6 aliphatic rings. The number of urea groups is 1. The Morgan fingerprint density at radius 3 is 2.63 bits per heavy atom. The Hall–Kier alpha value is -3.64. The molecule has 3 N–H and O–H groups in total. The number of hydrogen-bond donors (Lipinski definition) is 3. The van der Waals surface area contributed by atoms with E-state index in [0.717, 1.165) is 97.0 Å². The van der Waals surface area contributed by atoms with Crippen molar-refractivity contribution in [3.63, 3.8) is 0 Å². The molecule has 0 radical (unpaired) electrons. The number of amides is 3. The summed E-state index contributed by atoms with van der Waals surface area (Å²) < 4.78 is 6.56. The van der Waals surface area contributed by atoms with Crippen molar-refractivity contribution in [2.75, 3.05) is 49.1 Å². The third-order valence-corrected chi connectivity index (χ3v) is 11.9. The highest BCUT2D eigenvalue weighted by Crippen LogP contribution is 2.54. The fraction of sp³-hybridized carbons (Fsp3) is 0.606. The van der Waals surface area contributed by atoms with Gasteiger partial charge in [0, 0.05) is 29.1 Å². The lowest BCUT2D eigenvalue weighted by Crippen LogP contribution is -2.59. The van der Waals surface area contributed by atoms with Gasteiger partial charge in [0.15, 0.2) is 0 Å². The third kappa shape index (κ3) is 4.46. The first kappa shape index (κ1) is 28.6. The molecule has 1 saturated carbocycles. The van der Waals surface area contributed by atoms with Crippen LogP contribution in [-0.4, -0.2) is 87.4 Å². The zero-order chi connectivity index (χ0) is 31.2. The Morgan fingerprint density at radius 1 is 1.07 bits per heavy atom. The molecule has 1 aromatic carbocycles. The molecule has 13 heteroatoms. The van der Waals surface area contributed by atoms with E-state index >= 15 is 0 Å². The first-order chi connectivity index (χ1) is 22.3. The number of nitrogens with one attached hydrogen (secondary N) is 3. The van der Waals surface area contributed by atoms with Crippen LogP contribution in [0.2, 0.25) is 5.02 Å². The summed E-state index contributed by atoms with van der Waals surface area (Å²) in [6.45, 7) is 7.57. The Kier molecular flexibility index (Phi) is 6.48. The van der Waals surface area contributed by atoms with Gasteiger partial charge in [0.05, 0.1) is 41.7 Å². The second kappa shape index (κ2) is 10.4. The Bertz CT molecular complexity index is 1750. The SMILES string of the molecule is C[C@@H]1C[C@@H]1c1c(Cl)cc2[nH]ncc2c1N1CCc2c(nc(OCC34CCCN3CCC4)nc2N2CCC[C@]3(C2)NC(=O)NC3=O)C1. The zero-order valence-corrected chi connectivity index (χ0v) is 27.0. The average Bonchev–Trinajstić information content (AvgIpc) is 3.43. The van der Waals surface area contributed by atoms with E-state index in [1.807, 2.05) is 12.3 Å². The molecule has 0 unspecified atom stereocenters. The van der Waals surface area contributed by atoms with Gasteiger partial charge in [-0.05, 0) is 87.9 Å². The van der Waals surface area contributed by atoms with Gasteiger partial charge < -0.3 is 19.9 Å². The first-order valence-electron chi connectivity index (χ1n) is 16.9. The number of halogens is 1. The van der Waals surface area contributed by atoms with Crippen molar-refractivity contribution in [2.24, 2.45) is 5.92 Å². The Morgan fingerprint density at radius 2 is 1.87 bits per heavy atom. The highest BCUT2D eigenvalue weighted by molar-refractivity contribution is 6.33. The van der Waals surface area contributed by atoms with Crippen molar-refractivity contribution in [3.8, 4) is 6.01 Å². The van der Waals surface area contributed by atoms with Crippen molar-refractivity contribution in [3.05, 3.63) is 34.1 Å². The van der Waals surface area contributed by atoms with E-state index < -0.39 is 11.6 Å². The summed E-state index contributed by atoms with van der Waals surface area (Å²) in [5.41, 5.74) is 4.42. The van der Waals surface area contributed by atoms with Crippen LogP contribution in [0.4, 0.5) is 16.3 Å². The number of aromatic nitrogens is 4. The van der Waals surface area contributed by atoms with Crippen LogP contribution in [0.15, 0.2) is 12.3 Å². The number of piperidine rings is 1. The summed E-state index contributed by atoms with van der Waals surface area (Å²) in [7, 11) is 0. The molecule has 7 heterocycles. The number of benzene rings is 1. The molecule has 0 bridgehead atoms. The van der Waals surface area contributed by atoms with E-state index in [9.17, 15) is 9.59 Å². The lowest BCUT2D eigenvalue weighted by atomic mass is 9.88. The fourth-order valence-corrected chi connectivity index (χ4v) is 9.43. The summed E-state index contributed by atoms with van der Waals surface area (Å²) in [6.07, 6.45) is 9.80. The lowest BCUT2D eigenvalue weighted by molar-refractivity contribution is -0.124. The Balaban J connectivity index is 1.10. The topological polar surface area (TPSA) is 132 Å². The molecule has 242 valence electrons. The average molecular weight is 646 g/mol. The number of nitrogens with zero attached hydrogens (tertiary/aromatic N) is 6. The normalized spacial score (nSPS) is 28.5. The van der Waals surface area contributed by atoms with Crippen molar-refractivity contribution in [2.45, 2.75) is 81.8 Å². The second-order valence-corrected chi connectivity index (χ2v) is 14.8. The molecule has 3 atom stereocenters. The van der Waals surface area contributed by atoms with E-state index in [2.05, 4.69) is 42.5 Å². The van der Waals surface area contributed by atoms with Crippen LogP contribution in [0.1, 0.15) is 74.6 Å². The van der Waals surface area contributed by atoms with Crippen LogP contribution >= 0.6 is 11.6 Å². The Labute approximate surface area is 272 Å². The van der Waals surface area contributed by atoms with E-state index in [-0.39, 0.29) is 11.4 Å². The van der Waals surface area contributed by atoms with E-state index in [1.165, 1.54) is 18.4 Å². The number of anilines is 2. The first-order valence-corrected chi connectivity index (χ1v) is 17.3. The van der Waals surface area contributed by atoms with Gasteiger partial charge in [0.1, 0.15) is 18.0 Å².